The Balaban J connectivity index is 0.000000266. The molecule has 2 aromatic carbocycles. The maximum atomic E-state index is 15.2. The minimum absolute atomic E-state index is 0.0694. The van der Waals surface area contributed by atoms with E-state index in [1.54, 1.807) is 11.8 Å². The lowest BCUT2D eigenvalue weighted by Gasteiger charge is -2.34. The molecule has 0 aliphatic carbocycles. The lowest BCUT2D eigenvalue weighted by atomic mass is 10.1. The number of carbonyl (C=O) groups is 2. The molecule has 37 heavy (non-hydrogen) atoms. The molecule has 0 radical (unpaired) electrons. The van der Waals surface area contributed by atoms with Crippen molar-refractivity contribution in [1.29, 1.82) is 0 Å². The Morgan fingerprint density at radius 2 is 1.70 bits per heavy atom. The number of carboxylic acids is 2. The SMILES string of the molecule is CCn1cc(C(=O)O)c(=O)c2cc(F)c(N3CCNC(C)C3)c(F)c21.O=C(O)c1cc(O)c(O)c(O)c1. The zero-order valence-electron chi connectivity index (χ0n) is 19.8. The number of fused-ring (bicyclic) bond motifs is 1. The van der Waals surface area contributed by atoms with Crippen molar-refractivity contribution in [3.05, 3.63) is 57.4 Å². The predicted octanol–water partition coefficient (Wildman–Crippen LogP) is 2.30. The highest BCUT2D eigenvalue weighted by Gasteiger charge is 2.27. The second-order valence-electron chi connectivity index (χ2n) is 8.35. The maximum Gasteiger partial charge on any atom is 0.341 e. The smallest absolute Gasteiger partial charge is 0.341 e. The minimum atomic E-state index is -1.42. The van der Waals surface area contributed by atoms with Gasteiger partial charge in [0.1, 0.15) is 17.1 Å². The molecule has 1 aliphatic heterocycles. The second-order valence-corrected chi connectivity index (χ2v) is 8.35. The number of hydrogen-bond acceptors (Lipinski definition) is 8. The predicted molar refractivity (Wildman–Crippen MR) is 129 cm³/mol. The van der Waals surface area contributed by atoms with Gasteiger partial charge in [-0.05, 0) is 32.0 Å². The van der Waals surface area contributed by atoms with E-state index in [0.29, 0.717) is 19.6 Å². The van der Waals surface area contributed by atoms with Crippen LogP contribution in [0.25, 0.3) is 10.9 Å². The third-order valence-corrected chi connectivity index (χ3v) is 5.80. The number of aromatic carboxylic acids is 2. The summed E-state index contributed by atoms with van der Waals surface area (Å²) in [5, 5.41) is 47.1. The van der Waals surface area contributed by atoms with E-state index in [0.717, 1.165) is 24.4 Å². The van der Waals surface area contributed by atoms with E-state index < -0.39 is 51.8 Å². The van der Waals surface area contributed by atoms with Crippen molar-refractivity contribution in [3.8, 4) is 17.2 Å². The number of halogens is 2. The van der Waals surface area contributed by atoms with Gasteiger partial charge in [-0.1, -0.05) is 0 Å². The lowest BCUT2D eigenvalue weighted by Crippen LogP contribution is -2.49. The van der Waals surface area contributed by atoms with Crippen LogP contribution in [0, 0.1) is 11.6 Å². The first-order chi connectivity index (χ1) is 17.4. The summed E-state index contributed by atoms with van der Waals surface area (Å²) in [6.07, 6.45) is 1.11. The summed E-state index contributed by atoms with van der Waals surface area (Å²) in [7, 11) is 0. The molecule has 0 spiro atoms. The highest BCUT2D eigenvalue weighted by atomic mass is 19.1. The van der Waals surface area contributed by atoms with Gasteiger partial charge in [0, 0.05) is 38.4 Å². The Kier molecular flexibility index (Phi) is 7.87. The number of aromatic nitrogens is 1. The quantitative estimate of drug-likeness (QED) is 0.280. The van der Waals surface area contributed by atoms with E-state index >= 15 is 4.39 Å². The maximum absolute atomic E-state index is 15.2. The first-order valence-corrected chi connectivity index (χ1v) is 11.1. The molecule has 0 bridgehead atoms. The highest BCUT2D eigenvalue weighted by molar-refractivity contribution is 5.94. The highest BCUT2D eigenvalue weighted by Crippen LogP contribution is 2.35. The zero-order valence-corrected chi connectivity index (χ0v) is 19.8. The molecule has 1 aromatic heterocycles. The third kappa shape index (κ3) is 5.40. The van der Waals surface area contributed by atoms with Crippen LogP contribution in [-0.2, 0) is 6.54 Å². The second kappa shape index (κ2) is 10.7. The fourth-order valence-electron chi connectivity index (χ4n) is 4.03. The summed E-state index contributed by atoms with van der Waals surface area (Å²) in [6.45, 7) is 5.33. The molecule has 0 saturated carbocycles. The minimum Gasteiger partial charge on any atom is -0.504 e. The monoisotopic (exact) mass is 521 g/mol. The average Bonchev–Trinajstić information content (AvgIpc) is 2.83. The number of benzene rings is 2. The number of hydrogen-bond donors (Lipinski definition) is 6. The Morgan fingerprint density at radius 1 is 1.08 bits per heavy atom. The largest absolute Gasteiger partial charge is 0.504 e. The third-order valence-electron chi connectivity index (χ3n) is 5.80. The number of aryl methyl sites for hydroxylation is 1. The van der Waals surface area contributed by atoms with Gasteiger partial charge in [0.15, 0.2) is 23.1 Å². The molecule has 1 atom stereocenters. The summed E-state index contributed by atoms with van der Waals surface area (Å²) >= 11 is 0. The number of pyridine rings is 1. The summed E-state index contributed by atoms with van der Waals surface area (Å²) in [5.74, 6) is -6.45. The summed E-state index contributed by atoms with van der Waals surface area (Å²) in [4.78, 5) is 35.5. The van der Waals surface area contributed by atoms with Gasteiger partial charge in [-0.25, -0.2) is 18.4 Å². The van der Waals surface area contributed by atoms with Gasteiger partial charge < -0.3 is 40.3 Å². The van der Waals surface area contributed by atoms with Crippen molar-refractivity contribution < 1.29 is 43.9 Å². The van der Waals surface area contributed by atoms with E-state index in [-0.39, 0.29) is 34.7 Å². The van der Waals surface area contributed by atoms with Crippen LogP contribution >= 0.6 is 0 Å². The molecule has 13 heteroatoms. The number of nitrogens with one attached hydrogen (secondary N) is 1. The van der Waals surface area contributed by atoms with Gasteiger partial charge in [-0.15, -0.1) is 0 Å². The first kappa shape index (κ1) is 27.2. The summed E-state index contributed by atoms with van der Waals surface area (Å²) in [5.41, 5.74) is -1.92. The molecule has 6 N–H and O–H groups in total. The van der Waals surface area contributed by atoms with Crippen LogP contribution in [-0.4, -0.2) is 67.7 Å². The van der Waals surface area contributed by atoms with Gasteiger partial charge in [-0.3, -0.25) is 4.79 Å². The molecule has 1 aliphatic rings. The van der Waals surface area contributed by atoms with Crippen LogP contribution in [0.5, 0.6) is 17.2 Å². The van der Waals surface area contributed by atoms with E-state index in [9.17, 15) is 18.8 Å². The van der Waals surface area contributed by atoms with Crippen molar-refractivity contribution in [3.63, 3.8) is 0 Å². The van der Waals surface area contributed by atoms with Crippen LogP contribution in [0.15, 0.2) is 29.2 Å². The van der Waals surface area contributed by atoms with Crippen molar-refractivity contribution in [2.24, 2.45) is 0 Å². The normalized spacial score (nSPS) is 15.2. The van der Waals surface area contributed by atoms with Crippen LogP contribution in [0.1, 0.15) is 34.6 Å². The Morgan fingerprint density at radius 3 is 2.22 bits per heavy atom. The molecule has 1 saturated heterocycles. The summed E-state index contributed by atoms with van der Waals surface area (Å²) < 4.78 is 31.2. The molecule has 1 fully saturated rings. The topological polar surface area (TPSA) is 173 Å². The van der Waals surface area contributed by atoms with Crippen LogP contribution in [0.2, 0.25) is 0 Å². The molecule has 1 unspecified atom stereocenters. The van der Waals surface area contributed by atoms with E-state index in [1.165, 1.54) is 4.57 Å². The standard InChI is InChI=1S/C17H19F2N3O3.C7H6O5/c1-3-21-8-11(17(24)25)16(23)10-6-12(18)15(13(19)14(10)21)22-5-4-20-9(2)7-22;8-4-1-3(7(11)12)2-5(9)6(4)10/h6,8-9,20H,3-5,7H2,1-2H3,(H,24,25);1-2,8-10H,(H,11,12). The van der Waals surface area contributed by atoms with E-state index in [4.69, 9.17) is 25.5 Å². The molecular weight excluding hydrogens is 496 g/mol. The number of piperazine rings is 1. The number of carboxylic acid groups (broad SMARTS) is 2. The number of anilines is 1. The molecule has 2 heterocycles. The Hall–Kier alpha value is -4.39. The van der Waals surface area contributed by atoms with Gasteiger partial charge in [0.25, 0.3) is 0 Å². The van der Waals surface area contributed by atoms with Crippen molar-refractivity contribution in [1.82, 2.24) is 9.88 Å². The van der Waals surface area contributed by atoms with Gasteiger partial charge in [0.2, 0.25) is 5.43 Å². The lowest BCUT2D eigenvalue weighted by molar-refractivity contribution is 0.0684. The fraction of sp³-hybridized carbons (Fsp3) is 0.292. The van der Waals surface area contributed by atoms with Crippen molar-refractivity contribution >= 4 is 28.5 Å². The number of nitrogens with zero attached hydrogens (tertiary/aromatic N) is 2. The van der Waals surface area contributed by atoms with Crippen LogP contribution in [0.3, 0.4) is 0 Å². The first-order valence-electron chi connectivity index (χ1n) is 11.1. The molecular formula is C24H25F2N3O8. The van der Waals surface area contributed by atoms with E-state index in [2.05, 4.69) is 5.32 Å². The van der Waals surface area contributed by atoms with Gasteiger partial charge in [0.05, 0.1) is 16.5 Å². The van der Waals surface area contributed by atoms with E-state index in [1.807, 2.05) is 6.92 Å². The Labute approximate surface area is 208 Å². The van der Waals surface area contributed by atoms with Crippen LogP contribution < -0.4 is 15.6 Å². The fourth-order valence-corrected chi connectivity index (χ4v) is 4.03. The molecule has 4 rings (SSSR count). The molecule has 3 aromatic rings. The van der Waals surface area contributed by atoms with Gasteiger partial charge in [-0.2, -0.15) is 0 Å². The number of rotatable bonds is 4. The number of phenols is 3. The van der Waals surface area contributed by atoms with Crippen molar-refractivity contribution in [2.45, 2.75) is 26.4 Å². The Bertz CT molecular complexity index is 1420. The molecule has 11 nitrogen and oxygen atoms in total. The number of phenolic OH excluding ortho intramolecular Hbond substituents is 3. The average molecular weight is 521 g/mol. The molecule has 0 amide bonds. The van der Waals surface area contributed by atoms with Crippen LogP contribution in [0.4, 0.5) is 14.5 Å². The summed E-state index contributed by atoms with van der Waals surface area (Å²) in [6, 6.07) is 2.71. The van der Waals surface area contributed by atoms with Crippen molar-refractivity contribution in [2.75, 3.05) is 24.5 Å². The zero-order chi connectivity index (χ0) is 27.6. The van der Waals surface area contributed by atoms with Gasteiger partial charge >= 0.3 is 11.9 Å². The molecule has 198 valence electrons. The number of aromatic hydroxyl groups is 3.